The Kier molecular flexibility index (Phi) is 6.87. The molecule has 0 aliphatic rings. The molecule has 118 valence electrons. The molecule has 0 saturated heterocycles. The normalized spacial score (nSPS) is 12.4. The van der Waals surface area contributed by atoms with Gasteiger partial charge in [0.25, 0.3) is 0 Å². The van der Waals surface area contributed by atoms with Gasteiger partial charge in [-0.3, -0.25) is 14.3 Å². The Labute approximate surface area is 125 Å². The topological polar surface area (TPSA) is 116 Å². The molecule has 0 aliphatic carbocycles. The van der Waals surface area contributed by atoms with Crippen molar-refractivity contribution in [3.05, 3.63) is 12.4 Å². The van der Waals surface area contributed by atoms with Crippen molar-refractivity contribution < 1.29 is 9.59 Å². The van der Waals surface area contributed by atoms with Crippen LogP contribution >= 0.6 is 0 Å². The van der Waals surface area contributed by atoms with Crippen LogP contribution in [0.4, 0.5) is 5.69 Å². The molecule has 1 aromatic rings. The van der Waals surface area contributed by atoms with Gasteiger partial charge < -0.3 is 16.8 Å². The van der Waals surface area contributed by atoms with Gasteiger partial charge in [-0.05, 0) is 31.2 Å². The van der Waals surface area contributed by atoms with Gasteiger partial charge in [0.15, 0.2) is 0 Å². The van der Waals surface area contributed by atoms with Gasteiger partial charge >= 0.3 is 0 Å². The fourth-order valence-electron chi connectivity index (χ4n) is 2.24. The first kappa shape index (κ1) is 17.2. The van der Waals surface area contributed by atoms with Crippen LogP contribution in [-0.2, 0) is 16.1 Å². The van der Waals surface area contributed by atoms with Gasteiger partial charge in [-0.25, -0.2) is 0 Å². The van der Waals surface area contributed by atoms with E-state index in [9.17, 15) is 9.59 Å². The monoisotopic (exact) mass is 295 g/mol. The molecule has 0 aliphatic heterocycles. The number of nitrogens with two attached hydrogens (primary N) is 2. The third-order valence-electron chi connectivity index (χ3n) is 3.46. The third kappa shape index (κ3) is 6.40. The summed E-state index contributed by atoms with van der Waals surface area (Å²) in [5, 5.41) is 6.71. The molecular weight excluding hydrogens is 270 g/mol. The van der Waals surface area contributed by atoms with Crippen molar-refractivity contribution in [3.63, 3.8) is 0 Å². The van der Waals surface area contributed by atoms with E-state index in [0.29, 0.717) is 30.5 Å². The highest BCUT2D eigenvalue weighted by molar-refractivity contribution is 5.90. The Morgan fingerprint density at radius 1 is 1.38 bits per heavy atom. The molecule has 0 fully saturated rings. The molecular formula is C14H25N5O2. The zero-order valence-electron chi connectivity index (χ0n) is 12.7. The molecule has 1 rings (SSSR count). The Bertz CT molecular complexity index is 470. The number of nitrogens with zero attached hydrogens (tertiary/aromatic N) is 2. The van der Waals surface area contributed by atoms with Crippen LogP contribution in [0.1, 0.15) is 33.1 Å². The van der Waals surface area contributed by atoms with Gasteiger partial charge in [-0.2, -0.15) is 5.10 Å². The largest absolute Gasteiger partial charge is 0.368 e. The van der Waals surface area contributed by atoms with Crippen LogP contribution in [0.15, 0.2) is 12.4 Å². The molecule has 5 N–H and O–H groups in total. The van der Waals surface area contributed by atoms with Gasteiger partial charge in [-0.15, -0.1) is 0 Å². The van der Waals surface area contributed by atoms with Crippen LogP contribution in [-0.4, -0.2) is 28.1 Å². The number of nitrogens with one attached hydrogen (secondary N) is 1. The first-order chi connectivity index (χ1) is 9.92. The lowest BCUT2D eigenvalue weighted by Gasteiger charge is -2.19. The van der Waals surface area contributed by atoms with E-state index in [-0.39, 0.29) is 12.5 Å². The van der Waals surface area contributed by atoms with E-state index in [2.05, 4.69) is 24.3 Å². The second kappa shape index (κ2) is 8.41. The Hall–Kier alpha value is -1.89. The number of amides is 2. The molecule has 1 atom stereocenters. The number of carbonyl (C=O) groups excluding carboxylic acids is 2. The fraction of sp³-hybridized carbons (Fsp3) is 0.643. The first-order valence-electron chi connectivity index (χ1n) is 7.23. The number of anilines is 1. The molecule has 0 aromatic carbocycles. The van der Waals surface area contributed by atoms with Crippen LogP contribution in [0.25, 0.3) is 0 Å². The van der Waals surface area contributed by atoms with Crippen LogP contribution in [0.3, 0.4) is 0 Å². The molecule has 2 amide bonds. The Balaban J connectivity index is 2.42. The van der Waals surface area contributed by atoms with Crippen LogP contribution in [0.2, 0.25) is 0 Å². The number of hydrogen-bond donors (Lipinski definition) is 3. The quantitative estimate of drug-likeness (QED) is 0.622. The Morgan fingerprint density at radius 2 is 2.10 bits per heavy atom. The molecule has 21 heavy (non-hydrogen) atoms. The summed E-state index contributed by atoms with van der Waals surface area (Å²) in [4.78, 5) is 22.7. The van der Waals surface area contributed by atoms with E-state index in [1.165, 1.54) is 10.9 Å². The molecule has 1 aromatic heterocycles. The number of rotatable bonds is 9. The lowest BCUT2D eigenvalue weighted by atomic mass is 9.88. The highest BCUT2D eigenvalue weighted by Gasteiger charge is 2.14. The van der Waals surface area contributed by atoms with Crippen molar-refractivity contribution >= 4 is 17.5 Å². The van der Waals surface area contributed by atoms with Crippen molar-refractivity contribution in [2.24, 2.45) is 23.3 Å². The summed E-state index contributed by atoms with van der Waals surface area (Å²) in [6.07, 6.45) is 5.28. The van der Waals surface area contributed by atoms with Gasteiger partial charge in [0.2, 0.25) is 11.8 Å². The highest BCUT2D eigenvalue weighted by Crippen LogP contribution is 2.20. The lowest BCUT2D eigenvalue weighted by molar-refractivity contribution is -0.119. The summed E-state index contributed by atoms with van der Waals surface area (Å²) in [6, 6.07) is 0. The molecule has 0 spiro atoms. The zero-order chi connectivity index (χ0) is 15.8. The van der Waals surface area contributed by atoms with Crippen LogP contribution < -0.4 is 16.8 Å². The predicted octanol–water partition coefficient (Wildman–Crippen LogP) is 0.708. The smallest absolute Gasteiger partial charge is 0.239 e. The van der Waals surface area contributed by atoms with Gasteiger partial charge in [0.1, 0.15) is 6.54 Å². The van der Waals surface area contributed by atoms with Crippen molar-refractivity contribution in [3.8, 4) is 0 Å². The van der Waals surface area contributed by atoms with Gasteiger partial charge in [0, 0.05) is 12.6 Å². The second-order valence-electron chi connectivity index (χ2n) is 5.56. The summed E-state index contributed by atoms with van der Waals surface area (Å²) >= 11 is 0. The second-order valence-corrected chi connectivity index (χ2v) is 5.56. The minimum Gasteiger partial charge on any atom is -0.368 e. The number of carbonyl (C=O) groups is 2. The average Bonchev–Trinajstić information content (AvgIpc) is 2.80. The number of aromatic nitrogens is 2. The fourth-order valence-corrected chi connectivity index (χ4v) is 2.24. The summed E-state index contributed by atoms with van der Waals surface area (Å²) in [5.41, 5.74) is 11.2. The van der Waals surface area contributed by atoms with Gasteiger partial charge in [-0.1, -0.05) is 13.8 Å². The predicted molar refractivity (Wildman–Crippen MR) is 81.3 cm³/mol. The van der Waals surface area contributed by atoms with Crippen molar-refractivity contribution in [2.45, 2.75) is 39.7 Å². The van der Waals surface area contributed by atoms with Crippen molar-refractivity contribution in [1.82, 2.24) is 9.78 Å². The van der Waals surface area contributed by atoms with Crippen molar-refractivity contribution in [2.75, 3.05) is 11.9 Å². The Morgan fingerprint density at radius 3 is 2.67 bits per heavy atom. The van der Waals surface area contributed by atoms with Gasteiger partial charge in [0.05, 0.1) is 11.9 Å². The van der Waals surface area contributed by atoms with Crippen molar-refractivity contribution in [1.29, 1.82) is 0 Å². The summed E-state index contributed by atoms with van der Waals surface area (Å²) in [7, 11) is 0. The summed E-state index contributed by atoms with van der Waals surface area (Å²) in [5.74, 6) is 0.437. The zero-order valence-corrected chi connectivity index (χ0v) is 12.7. The standard InChI is InChI=1S/C14H25N5O2/c1-10(2)11(5-6-15)3-4-14(21)18-12-7-17-19(8-12)9-13(16)20/h7-8,10-11H,3-6,9,15H2,1-2H3,(H2,16,20)(H,18,21). The molecule has 0 bridgehead atoms. The van der Waals surface area contributed by atoms with E-state index in [4.69, 9.17) is 11.5 Å². The number of hydrogen-bond acceptors (Lipinski definition) is 4. The van der Waals surface area contributed by atoms with E-state index >= 15 is 0 Å². The maximum Gasteiger partial charge on any atom is 0.239 e. The minimum absolute atomic E-state index is 0.00178. The molecule has 0 radical (unpaired) electrons. The van der Waals surface area contributed by atoms with Crippen LogP contribution in [0, 0.1) is 11.8 Å². The maximum atomic E-state index is 11.9. The van der Waals surface area contributed by atoms with E-state index in [0.717, 1.165) is 12.8 Å². The molecule has 0 saturated carbocycles. The van der Waals surface area contributed by atoms with E-state index < -0.39 is 5.91 Å². The average molecular weight is 295 g/mol. The highest BCUT2D eigenvalue weighted by atomic mass is 16.2. The van der Waals surface area contributed by atoms with Crippen LogP contribution in [0.5, 0.6) is 0 Å². The summed E-state index contributed by atoms with van der Waals surface area (Å²) < 4.78 is 1.39. The molecule has 7 nitrogen and oxygen atoms in total. The molecule has 7 heteroatoms. The maximum absolute atomic E-state index is 11.9. The van der Waals surface area contributed by atoms with E-state index in [1.807, 2.05) is 0 Å². The minimum atomic E-state index is -0.475. The SMILES string of the molecule is CC(C)C(CCN)CCC(=O)Nc1cnn(CC(N)=O)c1. The lowest BCUT2D eigenvalue weighted by Crippen LogP contribution is -2.19. The summed E-state index contributed by atoms with van der Waals surface area (Å²) in [6.45, 7) is 4.93. The molecule has 1 unspecified atom stereocenters. The third-order valence-corrected chi connectivity index (χ3v) is 3.46. The van der Waals surface area contributed by atoms with E-state index in [1.54, 1.807) is 6.20 Å². The first-order valence-corrected chi connectivity index (χ1v) is 7.23. The number of primary amides is 1. The molecule has 1 heterocycles.